The number of aliphatic hydroxyl groups excluding tert-OH is 1. The van der Waals surface area contributed by atoms with Crippen LogP contribution < -0.4 is 9.47 Å². The summed E-state index contributed by atoms with van der Waals surface area (Å²) in [5, 5.41) is 10.1. The molecule has 1 aliphatic rings. The van der Waals surface area contributed by atoms with E-state index in [-0.39, 0.29) is 0 Å². The Hall–Kier alpha value is -1.22. The third-order valence-electron chi connectivity index (χ3n) is 3.35. The van der Waals surface area contributed by atoms with Crippen molar-refractivity contribution in [1.29, 1.82) is 0 Å². The lowest BCUT2D eigenvalue weighted by molar-refractivity contribution is 0.146. The normalized spacial score (nSPS) is 23.8. The molecule has 1 aromatic carbocycles. The molecule has 0 aliphatic heterocycles. The van der Waals surface area contributed by atoms with Gasteiger partial charge in [0.05, 0.1) is 20.3 Å². The van der Waals surface area contributed by atoms with Crippen LogP contribution in [0.3, 0.4) is 0 Å². The summed E-state index contributed by atoms with van der Waals surface area (Å²) in [6.07, 6.45) is 1.34. The summed E-state index contributed by atoms with van der Waals surface area (Å²) >= 11 is 0. The van der Waals surface area contributed by atoms with Gasteiger partial charge in [0.1, 0.15) is 11.5 Å². The van der Waals surface area contributed by atoms with Crippen LogP contribution in [0.5, 0.6) is 11.5 Å². The lowest BCUT2D eigenvalue weighted by Gasteiger charge is -2.29. The van der Waals surface area contributed by atoms with E-state index >= 15 is 0 Å². The second kappa shape index (κ2) is 4.34. The Bertz CT molecular complexity index is 350. The number of hydrogen-bond acceptors (Lipinski definition) is 3. The largest absolute Gasteiger partial charge is 0.496 e. The van der Waals surface area contributed by atoms with Gasteiger partial charge in [-0.2, -0.15) is 0 Å². The molecule has 1 aliphatic carbocycles. The molecule has 16 heavy (non-hydrogen) atoms. The summed E-state index contributed by atoms with van der Waals surface area (Å²) in [7, 11) is 3.30. The Balaban J connectivity index is 2.63. The molecule has 0 heterocycles. The second-order valence-electron chi connectivity index (χ2n) is 4.29. The molecule has 0 fully saturated rings. The van der Waals surface area contributed by atoms with Crippen molar-refractivity contribution in [3.8, 4) is 11.5 Å². The van der Waals surface area contributed by atoms with E-state index < -0.39 is 6.10 Å². The molecule has 3 heteroatoms. The van der Waals surface area contributed by atoms with Crippen molar-refractivity contribution in [1.82, 2.24) is 0 Å². The number of rotatable bonds is 2. The van der Waals surface area contributed by atoms with E-state index in [0.717, 1.165) is 35.5 Å². The molecule has 0 bridgehead atoms. The van der Waals surface area contributed by atoms with Crippen molar-refractivity contribution in [2.24, 2.45) is 0 Å². The summed E-state index contributed by atoms with van der Waals surface area (Å²) in [5.74, 6) is 2.01. The molecule has 0 amide bonds. The molecule has 0 spiro atoms. The minimum atomic E-state index is -0.434. The summed E-state index contributed by atoms with van der Waals surface area (Å²) in [5.41, 5.74) is 2.00. The third-order valence-corrected chi connectivity index (χ3v) is 3.35. The smallest absolute Gasteiger partial charge is 0.125 e. The monoisotopic (exact) mass is 222 g/mol. The van der Waals surface area contributed by atoms with Gasteiger partial charge in [-0.05, 0) is 30.9 Å². The van der Waals surface area contributed by atoms with Crippen LogP contribution >= 0.6 is 0 Å². The molecule has 2 rings (SSSR count). The molecule has 88 valence electrons. The zero-order valence-corrected chi connectivity index (χ0v) is 9.99. The average molecular weight is 222 g/mol. The van der Waals surface area contributed by atoms with E-state index in [1.54, 1.807) is 14.2 Å². The predicted octanol–water partition coefficient (Wildman–Crippen LogP) is 2.63. The van der Waals surface area contributed by atoms with Crippen LogP contribution in [-0.4, -0.2) is 19.3 Å². The molecule has 0 saturated carbocycles. The van der Waals surface area contributed by atoms with Crippen molar-refractivity contribution in [3.63, 3.8) is 0 Å². The van der Waals surface area contributed by atoms with Crippen LogP contribution in [-0.2, 0) is 0 Å². The molecule has 0 saturated heterocycles. The zero-order valence-electron chi connectivity index (χ0n) is 9.99. The first kappa shape index (κ1) is 11.3. The summed E-state index contributed by atoms with van der Waals surface area (Å²) in [6, 6.07) is 3.77. The van der Waals surface area contributed by atoms with Gasteiger partial charge < -0.3 is 14.6 Å². The van der Waals surface area contributed by atoms with Gasteiger partial charge in [-0.25, -0.2) is 0 Å². The van der Waals surface area contributed by atoms with Crippen molar-refractivity contribution in [3.05, 3.63) is 23.3 Å². The van der Waals surface area contributed by atoms with Gasteiger partial charge in [0.2, 0.25) is 0 Å². The number of hydrogen-bond donors (Lipinski definition) is 1. The number of aliphatic hydroxyl groups is 1. The predicted molar refractivity (Wildman–Crippen MR) is 62.2 cm³/mol. The van der Waals surface area contributed by atoms with E-state index in [1.807, 2.05) is 12.1 Å². The zero-order chi connectivity index (χ0) is 11.7. The van der Waals surface area contributed by atoms with Crippen molar-refractivity contribution in [2.45, 2.75) is 31.8 Å². The highest BCUT2D eigenvalue weighted by Crippen LogP contribution is 2.46. The molecule has 3 nitrogen and oxygen atoms in total. The minimum Gasteiger partial charge on any atom is -0.496 e. The van der Waals surface area contributed by atoms with E-state index in [4.69, 9.17) is 9.47 Å². The maximum absolute atomic E-state index is 10.1. The highest BCUT2D eigenvalue weighted by atomic mass is 16.5. The fraction of sp³-hybridized carbons (Fsp3) is 0.538. The summed E-state index contributed by atoms with van der Waals surface area (Å²) in [6.45, 7) is 2.16. The van der Waals surface area contributed by atoms with Gasteiger partial charge in [0.25, 0.3) is 0 Å². The lowest BCUT2D eigenvalue weighted by Crippen LogP contribution is -2.15. The lowest BCUT2D eigenvalue weighted by atomic mass is 9.81. The van der Waals surface area contributed by atoms with Crippen LogP contribution in [0.2, 0.25) is 0 Å². The SMILES string of the molecule is COc1ccc(OC)c2c1C(C)CCC2O. The number of fused-ring (bicyclic) bond motifs is 1. The fourth-order valence-electron chi connectivity index (χ4n) is 2.50. The van der Waals surface area contributed by atoms with E-state index in [9.17, 15) is 5.11 Å². The van der Waals surface area contributed by atoms with Crippen molar-refractivity contribution < 1.29 is 14.6 Å². The Kier molecular flexibility index (Phi) is 3.06. The van der Waals surface area contributed by atoms with Gasteiger partial charge in [-0.3, -0.25) is 0 Å². The highest BCUT2D eigenvalue weighted by Gasteiger charge is 2.29. The molecule has 1 aromatic rings. The van der Waals surface area contributed by atoms with Gasteiger partial charge >= 0.3 is 0 Å². The summed E-state index contributed by atoms with van der Waals surface area (Å²) < 4.78 is 10.7. The van der Waals surface area contributed by atoms with E-state index in [0.29, 0.717) is 5.92 Å². The standard InChI is InChI=1S/C13H18O3/c1-8-4-5-9(14)13-11(16-3)7-6-10(15-2)12(8)13/h6-9,14H,4-5H2,1-3H3. The maximum atomic E-state index is 10.1. The number of methoxy groups -OCH3 is 2. The Morgan fingerprint density at radius 2 is 1.62 bits per heavy atom. The topological polar surface area (TPSA) is 38.7 Å². The average Bonchev–Trinajstić information content (AvgIpc) is 2.32. The maximum Gasteiger partial charge on any atom is 0.125 e. The van der Waals surface area contributed by atoms with Gasteiger partial charge in [0.15, 0.2) is 0 Å². The highest BCUT2D eigenvalue weighted by molar-refractivity contribution is 5.52. The molecule has 0 radical (unpaired) electrons. The Morgan fingerprint density at radius 3 is 2.19 bits per heavy atom. The molecule has 1 N–H and O–H groups in total. The molecule has 0 aromatic heterocycles. The van der Waals surface area contributed by atoms with Crippen molar-refractivity contribution >= 4 is 0 Å². The molecule has 2 unspecified atom stereocenters. The van der Waals surface area contributed by atoms with Crippen LogP contribution in [0, 0.1) is 0 Å². The molecular weight excluding hydrogens is 204 g/mol. The van der Waals surface area contributed by atoms with Gasteiger partial charge in [-0.15, -0.1) is 0 Å². The quantitative estimate of drug-likeness (QED) is 0.836. The second-order valence-corrected chi connectivity index (χ2v) is 4.29. The van der Waals surface area contributed by atoms with Crippen molar-refractivity contribution in [2.75, 3.05) is 14.2 Å². The van der Waals surface area contributed by atoms with Gasteiger partial charge in [0, 0.05) is 11.1 Å². The third kappa shape index (κ3) is 1.65. The first-order chi connectivity index (χ1) is 7.69. The summed E-state index contributed by atoms with van der Waals surface area (Å²) in [4.78, 5) is 0. The minimum absolute atomic E-state index is 0.406. The Labute approximate surface area is 96.0 Å². The first-order valence-corrected chi connectivity index (χ1v) is 5.61. The molecular formula is C13H18O3. The first-order valence-electron chi connectivity index (χ1n) is 5.61. The van der Waals surface area contributed by atoms with Crippen LogP contribution in [0.4, 0.5) is 0 Å². The number of benzene rings is 1. The van der Waals surface area contributed by atoms with E-state index in [1.165, 1.54) is 0 Å². The fourth-order valence-corrected chi connectivity index (χ4v) is 2.50. The Morgan fingerprint density at radius 1 is 1.06 bits per heavy atom. The van der Waals surface area contributed by atoms with Crippen LogP contribution in [0.25, 0.3) is 0 Å². The molecule has 2 atom stereocenters. The number of ether oxygens (including phenoxy) is 2. The van der Waals surface area contributed by atoms with Crippen LogP contribution in [0.15, 0.2) is 12.1 Å². The van der Waals surface area contributed by atoms with E-state index in [2.05, 4.69) is 6.92 Å². The van der Waals surface area contributed by atoms with Crippen LogP contribution in [0.1, 0.15) is 42.9 Å². The van der Waals surface area contributed by atoms with Gasteiger partial charge in [-0.1, -0.05) is 6.92 Å².